The summed E-state index contributed by atoms with van der Waals surface area (Å²) >= 11 is 0. The van der Waals surface area contributed by atoms with E-state index in [4.69, 9.17) is 14.2 Å². The normalized spacial score (nSPS) is 15.4. The predicted octanol–water partition coefficient (Wildman–Crippen LogP) is 1.54. The third-order valence-corrected chi connectivity index (χ3v) is 4.97. The van der Waals surface area contributed by atoms with Crippen LogP contribution >= 0.6 is 0 Å². The SMILES string of the molecule is COc1ccc(N2C(=O)C[C@@H](N(NC(=O)c3ccc(OC)c(OC)c3)C(C)=O)C2=O)cc1. The Labute approximate surface area is 184 Å². The number of methoxy groups -OCH3 is 3. The van der Waals surface area contributed by atoms with E-state index < -0.39 is 29.7 Å². The van der Waals surface area contributed by atoms with E-state index >= 15 is 0 Å². The van der Waals surface area contributed by atoms with Crippen LogP contribution in [0.4, 0.5) is 5.69 Å². The Hall–Kier alpha value is -4.08. The Bertz CT molecular complexity index is 1050. The zero-order chi connectivity index (χ0) is 23.4. The number of imide groups is 1. The minimum Gasteiger partial charge on any atom is -0.497 e. The Morgan fingerprint density at radius 3 is 2.19 bits per heavy atom. The third kappa shape index (κ3) is 4.34. The minimum atomic E-state index is -1.17. The number of hydrazine groups is 1. The number of hydrogen-bond acceptors (Lipinski definition) is 7. The average molecular weight is 441 g/mol. The summed E-state index contributed by atoms with van der Waals surface area (Å²) < 4.78 is 15.4. The summed E-state index contributed by atoms with van der Waals surface area (Å²) in [4.78, 5) is 51.6. The molecule has 0 unspecified atom stereocenters. The molecule has 0 saturated carbocycles. The van der Waals surface area contributed by atoms with Crippen LogP contribution in [0.1, 0.15) is 23.7 Å². The van der Waals surface area contributed by atoms with E-state index in [-0.39, 0.29) is 12.0 Å². The van der Waals surface area contributed by atoms with Crippen molar-refractivity contribution in [3.8, 4) is 17.2 Å². The molecule has 1 N–H and O–H groups in total. The Morgan fingerprint density at radius 1 is 0.969 bits per heavy atom. The highest BCUT2D eigenvalue weighted by Crippen LogP contribution is 2.29. The molecular formula is C22H23N3O7. The van der Waals surface area contributed by atoms with E-state index in [1.807, 2.05) is 0 Å². The zero-order valence-electron chi connectivity index (χ0n) is 18.1. The van der Waals surface area contributed by atoms with Crippen LogP contribution < -0.4 is 24.5 Å². The number of nitrogens with one attached hydrogen (secondary N) is 1. The van der Waals surface area contributed by atoms with Crippen molar-refractivity contribution < 1.29 is 33.4 Å². The second-order valence-corrected chi connectivity index (χ2v) is 6.89. The number of rotatable bonds is 6. The van der Waals surface area contributed by atoms with Gasteiger partial charge in [-0.3, -0.25) is 24.6 Å². The van der Waals surface area contributed by atoms with Crippen LogP contribution in [-0.4, -0.2) is 56.0 Å². The molecule has 1 atom stereocenters. The van der Waals surface area contributed by atoms with Crippen LogP contribution in [-0.2, 0) is 14.4 Å². The van der Waals surface area contributed by atoms with Crippen LogP contribution in [0.2, 0.25) is 0 Å². The number of carbonyl (C=O) groups excluding carboxylic acids is 4. The van der Waals surface area contributed by atoms with Gasteiger partial charge in [0.25, 0.3) is 11.8 Å². The number of nitrogens with zero attached hydrogens (tertiary/aromatic N) is 2. The summed E-state index contributed by atoms with van der Waals surface area (Å²) in [7, 11) is 4.40. The Balaban J connectivity index is 1.82. The number of benzene rings is 2. The summed E-state index contributed by atoms with van der Waals surface area (Å²) in [5.74, 6) is -1.03. The van der Waals surface area contributed by atoms with Gasteiger partial charge in [0.1, 0.15) is 11.8 Å². The molecule has 0 aliphatic carbocycles. The van der Waals surface area contributed by atoms with Crippen molar-refractivity contribution in [3.05, 3.63) is 48.0 Å². The molecule has 10 heteroatoms. The van der Waals surface area contributed by atoms with E-state index in [1.54, 1.807) is 30.3 Å². The lowest BCUT2D eigenvalue weighted by Gasteiger charge is -2.26. The molecule has 0 spiro atoms. The smallest absolute Gasteiger partial charge is 0.270 e. The Morgan fingerprint density at radius 2 is 1.62 bits per heavy atom. The maximum atomic E-state index is 13.0. The molecule has 10 nitrogen and oxygen atoms in total. The number of hydrogen-bond donors (Lipinski definition) is 1. The maximum Gasteiger partial charge on any atom is 0.270 e. The first-order valence-electron chi connectivity index (χ1n) is 9.64. The Kier molecular flexibility index (Phi) is 6.62. The zero-order valence-corrected chi connectivity index (χ0v) is 18.1. The van der Waals surface area contributed by atoms with Gasteiger partial charge in [-0.25, -0.2) is 9.91 Å². The fourth-order valence-electron chi connectivity index (χ4n) is 3.35. The molecule has 0 aromatic heterocycles. The number of amides is 4. The van der Waals surface area contributed by atoms with Gasteiger partial charge < -0.3 is 14.2 Å². The lowest BCUT2D eigenvalue weighted by atomic mass is 10.2. The van der Waals surface area contributed by atoms with E-state index in [0.29, 0.717) is 22.9 Å². The van der Waals surface area contributed by atoms with Gasteiger partial charge in [-0.15, -0.1) is 0 Å². The van der Waals surface area contributed by atoms with Crippen LogP contribution in [0.15, 0.2) is 42.5 Å². The number of carbonyl (C=O) groups is 4. The largest absolute Gasteiger partial charge is 0.497 e. The molecule has 1 fully saturated rings. The van der Waals surface area contributed by atoms with Crippen molar-refractivity contribution in [3.63, 3.8) is 0 Å². The molecule has 1 saturated heterocycles. The maximum absolute atomic E-state index is 13.0. The second-order valence-electron chi connectivity index (χ2n) is 6.89. The first kappa shape index (κ1) is 22.6. The van der Waals surface area contributed by atoms with Crippen molar-refractivity contribution in [1.29, 1.82) is 0 Å². The standard InChI is InChI=1S/C22H23N3O7/c1-13(26)25(23-21(28)14-5-10-18(31-3)19(11-14)32-4)17-12-20(27)24(22(17)29)15-6-8-16(30-2)9-7-15/h5-11,17H,12H2,1-4H3,(H,23,28)/t17-/m1/s1. The molecule has 2 aromatic carbocycles. The fraction of sp³-hybridized carbons (Fsp3) is 0.273. The van der Waals surface area contributed by atoms with Crippen LogP contribution in [0, 0.1) is 0 Å². The summed E-state index contributed by atoms with van der Waals surface area (Å²) in [5.41, 5.74) is 2.96. The predicted molar refractivity (Wildman–Crippen MR) is 113 cm³/mol. The van der Waals surface area contributed by atoms with Gasteiger partial charge in [-0.1, -0.05) is 0 Å². The van der Waals surface area contributed by atoms with Crippen molar-refractivity contribution in [2.75, 3.05) is 26.2 Å². The summed E-state index contributed by atoms with van der Waals surface area (Å²) in [6, 6.07) is 9.66. The highest BCUT2D eigenvalue weighted by Gasteiger charge is 2.44. The van der Waals surface area contributed by atoms with Gasteiger partial charge in [0, 0.05) is 12.5 Å². The molecule has 1 aliphatic rings. The molecule has 0 bridgehead atoms. The number of anilines is 1. The van der Waals surface area contributed by atoms with Crippen LogP contribution in [0.25, 0.3) is 0 Å². The molecule has 1 heterocycles. The highest BCUT2D eigenvalue weighted by molar-refractivity contribution is 6.23. The van der Waals surface area contributed by atoms with E-state index in [0.717, 1.165) is 9.91 Å². The first-order valence-corrected chi connectivity index (χ1v) is 9.64. The highest BCUT2D eigenvalue weighted by atomic mass is 16.5. The van der Waals surface area contributed by atoms with Crippen molar-refractivity contribution in [2.24, 2.45) is 0 Å². The first-order chi connectivity index (χ1) is 15.3. The van der Waals surface area contributed by atoms with Crippen LogP contribution in [0.3, 0.4) is 0 Å². The molecule has 32 heavy (non-hydrogen) atoms. The topological polar surface area (TPSA) is 114 Å². The minimum absolute atomic E-state index is 0.178. The molecular weight excluding hydrogens is 418 g/mol. The van der Waals surface area contributed by atoms with Gasteiger partial charge in [-0.05, 0) is 42.5 Å². The summed E-state index contributed by atoms with van der Waals surface area (Å²) in [6.07, 6.45) is -0.267. The molecule has 2 aromatic rings. The summed E-state index contributed by atoms with van der Waals surface area (Å²) in [6.45, 7) is 1.20. The van der Waals surface area contributed by atoms with Gasteiger partial charge in [0.15, 0.2) is 11.5 Å². The van der Waals surface area contributed by atoms with Crippen molar-refractivity contribution >= 4 is 29.3 Å². The quantitative estimate of drug-likeness (QED) is 0.534. The molecule has 168 valence electrons. The van der Waals surface area contributed by atoms with Gasteiger partial charge >= 0.3 is 0 Å². The monoisotopic (exact) mass is 441 g/mol. The van der Waals surface area contributed by atoms with E-state index in [2.05, 4.69) is 5.43 Å². The molecule has 4 amide bonds. The van der Waals surface area contributed by atoms with E-state index in [9.17, 15) is 19.2 Å². The lowest BCUT2D eigenvalue weighted by molar-refractivity contribution is -0.139. The third-order valence-electron chi connectivity index (χ3n) is 4.97. The van der Waals surface area contributed by atoms with Gasteiger partial charge in [0.2, 0.25) is 11.8 Å². The van der Waals surface area contributed by atoms with Gasteiger partial charge in [-0.2, -0.15) is 0 Å². The second kappa shape index (κ2) is 9.38. The molecule has 0 radical (unpaired) electrons. The van der Waals surface area contributed by atoms with E-state index in [1.165, 1.54) is 40.4 Å². The summed E-state index contributed by atoms with van der Waals surface area (Å²) in [5, 5.41) is 0.878. The molecule has 3 rings (SSSR count). The average Bonchev–Trinajstić information content (AvgIpc) is 3.09. The van der Waals surface area contributed by atoms with Crippen LogP contribution in [0.5, 0.6) is 17.2 Å². The number of ether oxygens (including phenoxy) is 3. The van der Waals surface area contributed by atoms with Crippen molar-refractivity contribution in [2.45, 2.75) is 19.4 Å². The lowest BCUT2D eigenvalue weighted by Crippen LogP contribution is -2.54. The van der Waals surface area contributed by atoms with Gasteiger partial charge in [0.05, 0.1) is 33.4 Å². The van der Waals surface area contributed by atoms with Crippen molar-refractivity contribution in [1.82, 2.24) is 10.4 Å². The molecule has 1 aliphatic heterocycles. The fourth-order valence-corrected chi connectivity index (χ4v) is 3.35.